The van der Waals surface area contributed by atoms with Gasteiger partial charge in [-0.15, -0.1) is 0 Å². The molecule has 0 aliphatic carbocycles. The standard InChI is InChI=1S/C34H33N5O/c1-38(2)25-11-7-22(8-12-25)9-16-33-36-32-18-24(31-19-28(40)17-23-5-3-4-6-29(23)31)10-15-30(32)34(37-33)39-26-13-14-27(39)21-35-20-26/h3-12,15-19,26-27,35,40H,13-14,20-21H2,1-2H3/b16-9+/t26-,27+. The minimum atomic E-state index is 0.262. The van der Waals surface area contributed by atoms with Gasteiger partial charge in [0.05, 0.1) is 5.52 Å². The number of phenolic OH excluding ortho intramolecular Hbond substituents is 1. The predicted molar refractivity (Wildman–Crippen MR) is 166 cm³/mol. The van der Waals surface area contributed by atoms with Gasteiger partial charge in [-0.25, -0.2) is 9.97 Å². The largest absolute Gasteiger partial charge is 0.508 e. The van der Waals surface area contributed by atoms with Gasteiger partial charge in [-0.05, 0) is 82.8 Å². The molecule has 2 saturated heterocycles. The first-order valence-electron chi connectivity index (χ1n) is 14.0. The van der Waals surface area contributed by atoms with Crippen LogP contribution in [0.25, 0.3) is 45.0 Å². The average Bonchev–Trinajstić information content (AvgIpc) is 3.22. The summed E-state index contributed by atoms with van der Waals surface area (Å²) in [6.45, 7) is 1.97. The molecule has 0 unspecified atom stereocenters. The van der Waals surface area contributed by atoms with Crippen LogP contribution in [0.2, 0.25) is 0 Å². The van der Waals surface area contributed by atoms with Crippen LogP contribution >= 0.6 is 0 Å². The zero-order valence-electron chi connectivity index (χ0n) is 22.9. The maximum Gasteiger partial charge on any atom is 0.154 e. The molecule has 0 radical (unpaired) electrons. The number of anilines is 2. The third-order valence-corrected chi connectivity index (χ3v) is 8.31. The Morgan fingerprint density at radius 2 is 1.62 bits per heavy atom. The van der Waals surface area contributed by atoms with E-state index in [0.29, 0.717) is 17.9 Å². The molecule has 6 heteroatoms. The van der Waals surface area contributed by atoms with Crippen molar-refractivity contribution >= 4 is 45.3 Å². The number of hydrogen-bond acceptors (Lipinski definition) is 6. The van der Waals surface area contributed by atoms with E-state index in [1.165, 1.54) is 18.5 Å². The van der Waals surface area contributed by atoms with Crippen molar-refractivity contribution in [2.75, 3.05) is 37.0 Å². The van der Waals surface area contributed by atoms with Crippen LogP contribution in [-0.2, 0) is 0 Å². The van der Waals surface area contributed by atoms with Crippen molar-refractivity contribution in [3.8, 4) is 16.9 Å². The Bertz CT molecular complexity index is 1730. The second kappa shape index (κ2) is 9.96. The van der Waals surface area contributed by atoms with Gasteiger partial charge in [0.2, 0.25) is 0 Å². The number of hydrogen-bond donors (Lipinski definition) is 2. The third kappa shape index (κ3) is 4.44. The van der Waals surface area contributed by atoms with Gasteiger partial charge < -0.3 is 20.2 Å². The molecule has 4 aromatic carbocycles. The Balaban J connectivity index is 1.36. The number of benzene rings is 4. The lowest BCUT2D eigenvalue weighted by molar-refractivity contribution is 0.476. The number of piperazine rings is 1. The third-order valence-electron chi connectivity index (χ3n) is 8.31. The lowest BCUT2D eigenvalue weighted by atomic mass is 9.97. The van der Waals surface area contributed by atoms with E-state index in [4.69, 9.17) is 9.97 Å². The summed E-state index contributed by atoms with van der Waals surface area (Å²) in [5, 5.41) is 17.3. The summed E-state index contributed by atoms with van der Waals surface area (Å²) in [6.07, 6.45) is 6.47. The van der Waals surface area contributed by atoms with Crippen LogP contribution in [0.4, 0.5) is 11.5 Å². The molecule has 7 rings (SSSR count). The summed E-state index contributed by atoms with van der Waals surface area (Å²) in [4.78, 5) is 14.8. The summed E-state index contributed by atoms with van der Waals surface area (Å²) < 4.78 is 0. The highest BCUT2D eigenvalue weighted by atomic mass is 16.3. The lowest BCUT2D eigenvalue weighted by Gasteiger charge is -2.37. The molecule has 0 saturated carbocycles. The van der Waals surface area contributed by atoms with Gasteiger partial charge in [-0.2, -0.15) is 0 Å². The van der Waals surface area contributed by atoms with Crippen molar-refractivity contribution in [2.45, 2.75) is 24.9 Å². The van der Waals surface area contributed by atoms with Gasteiger partial charge in [0, 0.05) is 50.3 Å². The summed E-state index contributed by atoms with van der Waals surface area (Å²) >= 11 is 0. The Kier molecular flexibility index (Phi) is 6.13. The molecule has 0 spiro atoms. The highest BCUT2D eigenvalue weighted by Crippen LogP contribution is 2.38. The van der Waals surface area contributed by atoms with Crippen molar-refractivity contribution < 1.29 is 5.11 Å². The van der Waals surface area contributed by atoms with Gasteiger partial charge in [-0.1, -0.05) is 48.5 Å². The van der Waals surface area contributed by atoms with E-state index in [1.54, 1.807) is 0 Å². The first-order chi connectivity index (χ1) is 19.5. The van der Waals surface area contributed by atoms with Crippen LogP contribution in [-0.4, -0.2) is 54.3 Å². The van der Waals surface area contributed by atoms with E-state index in [-0.39, 0.29) is 5.75 Å². The molecule has 2 aliphatic rings. The Labute approximate surface area is 234 Å². The fraction of sp³-hybridized carbons (Fsp3) is 0.235. The minimum absolute atomic E-state index is 0.262. The van der Waals surface area contributed by atoms with E-state index in [2.05, 4.69) is 69.7 Å². The predicted octanol–water partition coefficient (Wildman–Crippen LogP) is 6.33. The molecule has 2 N–H and O–H groups in total. The van der Waals surface area contributed by atoms with Gasteiger partial charge in [0.15, 0.2) is 5.82 Å². The Hall–Kier alpha value is -4.42. The number of aromatic hydroxyl groups is 1. The maximum atomic E-state index is 10.5. The Morgan fingerprint density at radius 1 is 0.850 bits per heavy atom. The summed E-state index contributed by atoms with van der Waals surface area (Å²) in [5.74, 6) is 1.99. The summed E-state index contributed by atoms with van der Waals surface area (Å²) in [6, 6.07) is 27.7. The van der Waals surface area contributed by atoms with Crippen LogP contribution in [0.3, 0.4) is 0 Å². The fourth-order valence-electron chi connectivity index (χ4n) is 6.28. The normalized spacial score (nSPS) is 18.7. The van der Waals surface area contributed by atoms with Crippen LogP contribution < -0.4 is 15.1 Å². The number of phenols is 1. The highest BCUT2D eigenvalue weighted by molar-refractivity contribution is 6.01. The Morgan fingerprint density at radius 3 is 2.40 bits per heavy atom. The molecule has 2 fully saturated rings. The molecule has 2 aliphatic heterocycles. The smallest absolute Gasteiger partial charge is 0.154 e. The van der Waals surface area contributed by atoms with E-state index >= 15 is 0 Å². The van der Waals surface area contributed by atoms with Crippen molar-refractivity contribution in [1.29, 1.82) is 0 Å². The molecule has 2 atom stereocenters. The van der Waals surface area contributed by atoms with Crippen LogP contribution in [0.5, 0.6) is 5.75 Å². The average molecular weight is 528 g/mol. The van der Waals surface area contributed by atoms with Gasteiger partial charge in [0.1, 0.15) is 11.6 Å². The van der Waals surface area contributed by atoms with Crippen molar-refractivity contribution in [3.05, 3.63) is 90.3 Å². The van der Waals surface area contributed by atoms with E-state index in [0.717, 1.165) is 57.3 Å². The first-order valence-corrected chi connectivity index (χ1v) is 14.0. The summed E-state index contributed by atoms with van der Waals surface area (Å²) in [7, 11) is 4.10. The number of nitrogens with one attached hydrogen (secondary N) is 1. The molecule has 1 aromatic heterocycles. The number of rotatable bonds is 5. The maximum absolute atomic E-state index is 10.5. The zero-order valence-corrected chi connectivity index (χ0v) is 22.9. The van der Waals surface area contributed by atoms with E-state index in [1.807, 2.05) is 50.5 Å². The molecular weight excluding hydrogens is 494 g/mol. The number of aromatic nitrogens is 2. The van der Waals surface area contributed by atoms with E-state index < -0.39 is 0 Å². The topological polar surface area (TPSA) is 64.5 Å². The molecule has 40 heavy (non-hydrogen) atoms. The first kappa shape index (κ1) is 24.6. The monoisotopic (exact) mass is 527 g/mol. The quantitative estimate of drug-likeness (QED) is 0.278. The zero-order chi connectivity index (χ0) is 27.2. The second-order valence-corrected chi connectivity index (χ2v) is 11.1. The van der Waals surface area contributed by atoms with Gasteiger partial charge in [-0.3, -0.25) is 0 Å². The van der Waals surface area contributed by atoms with Gasteiger partial charge >= 0.3 is 0 Å². The molecule has 0 amide bonds. The lowest BCUT2D eigenvalue weighted by Crippen LogP contribution is -2.52. The number of nitrogens with zero attached hydrogens (tertiary/aromatic N) is 4. The van der Waals surface area contributed by atoms with Crippen molar-refractivity contribution in [1.82, 2.24) is 15.3 Å². The number of fused-ring (bicyclic) bond motifs is 4. The van der Waals surface area contributed by atoms with Crippen molar-refractivity contribution in [3.63, 3.8) is 0 Å². The van der Waals surface area contributed by atoms with Crippen LogP contribution in [0.1, 0.15) is 24.2 Å². The van der Waals surface area contributed by atoms with Gasteiger partial charge in [0.25, 0.3) is 0 Å². The molecule has 2 bridgehead atoms. The molecule has 6 nitrogen and oxygen atoms in total. The van der Waals surface area contributed by atoms with E-state index in [9.17, 15) is 5.11 Å². The van der Waals surface area contributed by atoms with Crippen LogP contribution in [0.15, 0.2) is 78.9 Å². The SMILES string of the molecule is CN(C)c1ccc(/C=C/c2nc(N3[C@@H]4CC[C@H]3CNC4)c3ccc(-c4cc(O)cc5ccccc45)cc3n2)cc1. The molecule has 3 heterocycles. The second-order valence-electron chi connectivity index (χ2n) is 11.1. The summed E-state index contributed by atoms with van der Waals surface area (Å²) in [5.41, 5.74) is 5.22. The van der Waals surface area contributed by atoms with Crippen molar-refractivity contribution in [2.24, 2.45) is 0 Å². The molecule has 200 valence electrons. The van der Waals surface area contributed by atoms with Crippen LogP contribution in [0, 0.1) is 0 Å². The minimum Gasteiger partial charge on any atom is -0.508 e. The molecule has 5 aromatic rings. The fourth-order valence-corrected chi connectivity index (χ4v) is 6.28. The molecular formula is C34H33N5O. The highest BCUT2D eigenvalue weighted by Gasteiger charge is 2.38.